The maximum absolute atomic E-state index is 11.6. The topological polar surface area (TPSA) is 39.2 Å². The second-order valence-electron chi connectivity index (χ2n) is 3.01. The second kappa shape index (κ2) is 5.10. The molecular formula is C10H15NO2S. The van der Waals surface area contributed by atoms with E-state index in [1.54, 1.807) is 5.51 Å². The molecule has 0 amide bonds. The number of carbonyl (C=O) groups excluding carboxylic acids is 1. The van der Waals surface area contributed by atoms with Crippen LogP contribution in [0.25, 0.3) is 0 Å². The maximum atomic E-state index is 11.6. The fraction of sp³-hybridized carbons (Fsp3) is 0.600. The van der Waals surface area contributed by atoms with Crippen molar-refractivity contribution in [3.8, 4) is 0 Å². The van der Waals surface area contributed by atoms with E-state index in [9.17, 15) is 4.79 Å². The Balaban J connectivity index is 2.82. The Morgan fingerprint density at radius 1 is 1.64 bits per heavy atom. The lowest BCUT2D eigenvalue weighted by Crippen LogP contribution is -2.15. The van der Waals surface area contributed by atoms with Crippen molar-refractivity contribution >= 4 is 17.3 Å². The van der Waals surface area contributed by atoms with Gasteiger partial charge in [0.1, 0.15) is 0 Å². The molecule has 1 rings (SSSR count). The molecule has 0 aliphatic rings. The summed E-state index contributed by atoms with van der Waals surface area (Å²) >= 11 is 1.52. The van der Waals surface area contributed by atoms with E-state index in [-0.39, 0.29) is 11.9 Å². The summed E-state index contributed by atoms with van der Waals surface area (Å²) in [5, 5.41) is 0. The van der Waals surface area contributed by atoms with Crippen molar-refractivity contribution in [1.82, 2.24) is 4.98 Å². The zero-order valence-corrected chi connectivity index (χ0v) is 9.56. The van der Waals surface area contributed by atoms with Crippen molar-refractivity contribution < 1.29 is 9.53 Å². The molecule has 0 spiro atoms. The lowest BCUT2D eigenvalue weighted by molar-refractivity contribution is -0.144. The van der Waals surface area contributed by atoms with Crippen LogP contribution in [0.1, 0.15) is 36.8 Å². The first kappa shape index (κ1) is 11.2. The number of thiazole rings is 1. The van der Waals surface area contributed by atoms with Crippen LogP contribution in [0.4, 0.5) is 0 Å². The van der Waals surface area contributed by atoms with Gasteiger partial charge in [0, 0.05) is 4.88 Å². The average Bonchev–Trinajstić information content (AvgIpc) is 2.54. The van der Waals surface area contributed by atoms with E-state index < -0.39 is 0 Å². The van der Waals surface area contributed by atoms with E-state index in [0.717, 1.165) is 17.0 Å². The van der Waals surface area contributed by atoms with E-state index in [2.05, 4.69) is 4.98 Å². The molecule has 78 valence electrons. The van der Waals surface area contributed by atoms with Crippen LogP contribution in [0.2, 0.25) is 0 Å². The highest BCUT2D eigenvalue weighted by Gasteiger charge is 2.23. The van der Waals surface area contributed by atoms with Gasteiger partial charge in [-0.25, -0.2) is 4.98 Å². The normalized spacial score (nSPS) is 12.5. The standard InChI is InChI=1S/C10H15NO2S/c1-4-8(10(12)13-5-2)9-7(3)11-6-14-9/h6,8H,4-5H2,1-3H3. The summed E-state index contributed by atoms with van der Waals surface area (Å²) in [6.07, 6.45) is 0.766. The highest BCUT2D eigenvalue weighted by molar-refractivity contribution is 7.10. The van der Waals surface area contributed by atoms with Crippen LogP contribution < -0.4 is 0 Å². The van der Waals surface area contributed by atoms with Crippen molar-refractivity contribution in [3.63, 3.8) is 0 Å². The van der Waals surface area contributed by atoms with Crippen LogP contribution in [-0.4, -0.2) is 17.6 Å². The number of nitrogens with zero attached hydrogens (tertiary/aromatic N) is 1. The second-order valence-corrected chi connectivity index (χ2v) is 3.90. The van der Waals surface area contributed by atoms with Gasteiger partial charge in [0.2, 0.25) is 0 Å². The minimum Gasteiger partial charge on any atom is -0.465 e. The Morgan fingerprint density at radius 3 is 2.79 bits per heavy atom. The predicted molar refractivity (Wildman–Crippen MR) is 56.5 cm³/mol. The molecule has 14 heavy (non-hydrogen) atoms. The molecule has 1 aromatic heterocycles. The fourth-order valence-electron chi connectivity index (χ4n) is 1.35. The van der Waals surface area contributed by atoms with Gasteiger partial charge < -0.3 is 4.74 Å². The van der Waals surface area contributed by atoms with Gasteiger partial charge in [0.15, 0.2) is 0 Å². The number of hydrogen-bond donors (Lipinski definition) is 0. The predicted octanol–water partition coefficient (Wildman–Crippen LogP) is 2.51. The summed E-state index contributed by atoms with van der Waals surface area (Å²) in [6.45, 7) is 6.17. The summed E-state index contributed by atoms with van der Waals surface area (Å²) in [6, 6.07) is 0. The lowest BCUT2D eigenvalue weighted by Gasteiger charge is -2.11. The molecule has 0 aromatic carbocycles. The first-order chi connectivity index (χ1) is 6.70. The smallest absolute Gasteiger partial charge is 0.314 e. The van der Waals surface area contributed by atoms with E-state index in [1.165, 1.54) is 11.3 Å². The van der Waals surface area contributed by atoms with Crippen LogP contribution in [0, 0.1) is 6.92 Å². The Hall–Kier alpha value is -0.900. The molecule has 4 heteroatoms. The average molecular weight is 213 g/mol. The van der Waals surface area contributed by atoms with E-state index >= 15 is 0 Å². The highest BCUT2D eigenvalue weighted by atomic mass is 32.1. The largest absolute Gasteiger partial charge is 0.465 e. The van der Waals surface area contributed by atoms with Crippen LogP contribution in [0.15, 0.2) is 5.51 Å². The third-order valence-corrected chi connectivity index (χ3v) is 3.12. The summed E-state index contributed by atoms with van der Waals surface area (Å²) in [7, 11) is 0. The van der Waals surface area contributed by atoms with Crippen molar-refractivity contribution in [1.29, 1.82) is 0 Å². The summed E-state index contributed by atoms with van der Waals surface area (Å²) in [5.41, 5.74) is 2.71. The zero-order chi connectivity index (χ0) is 10.6. The molecule has 0 saturated carbocycles. The van der Waals surface area contributed by atoms with E-state index in [0.29, 0.717) is 6.61 Å². The molecule has 1 atom stereocenters. The summed E-state index contributed by atoms with van der Waals surface area (Å²) in [5.74, 6) is -0.273. The van der Waals surface area contributed by atoms with Crippen LogP contribution in [-0.2, 0) is 9.53 Å². The Bertz CT molecular complexity index is 309. The number of hydrogen-bond acceptors (Lipinski definition) is 4. The third-order valence-electron chi connectivity index (χ3n) is 2.08. The van der Waals surface area contributed by atoms with Gasteiger partial charge in [-0.1, -0.05) is 6.92 Å². The van der Waals surface area contributed by atoms with Crippen molar-refractivity contribution in [2.45, 2.75) is 33.1 Å². The van der Waals surface area contributed by atoms with Crippen LogP contribution in [0.5, 0.6) is 0 Å². The monoisotopic (exact) mass is 213 g/mol. The van der Waals surface area contributed by atoms with Crippen molar-refractivity contribution in [2.75, 3.05) is 6.61 Å². The van der Waals surface area contributed by atoms with Gasteiger partial charge in [-0.15, -0.1) is 11.3 Å². The molecule has 0 aliphatic carbocycles. The van der Waals surface area contributed by atoms with Crippen LogP contribution >= 0.6 is 11.3 Å². The Morgan fingerprint density at radius 2 is 2.36 bits per heavy atom. The molecule has 0 aliphatic heterocycles. The van der Waals surface area contributed by atoms with Crippen molar-refractivity contribution in [3.05, 3.63) is 16.1 Å². The van der Waals surface area contributed by atoms with Gasteiger partial charge >= 0.3 is 5.97 Å². The van der Waals surface area contributed by atoms with Crippen molar-refractivity contribution in [2.24, 2.45) is 0 Å². The Labute approximate surface area is 88.1 Å². The molecule has 1 aromatic rings. The molecule has 3 nitrogen and oxygen atoms in total. The number of aromatic nitrogens is 1. The van der Waals surface area contributed by atoms with Gasteiger partial charge in [-0.05, 0) is 20.3 Å². The first-order valence-electron chi connectivity index (χ1n) is 4.77. The summed E-state index contributed by atoms with van der Waals surface area (Å²) in [4.78, 5) is 16.8. The quantitative estimate of drug-likeness (QED) is 0.721. The number of carbonyl (C=O) groups is 1. The minimum atomic E-state index is -0.137. The van der Waals surface area contributed by atoms with Gasteiger partial charge in [-0.3, -0.25) is 4.79 Å². The first-order valence-corrected chi connectivity index (χ1v) is 5.65. The molecule has 0 radical (unpaired) electrons. The SMILES string of the molecule is CCOC(=O)C(CC)c1scnc1C. The molecule has 0 bridgehead atoms. The van der Waals surface area contributed by atoms with Gasteiger partial charge in [0.05, 0.1) is 23.7 Å². The third kappa shape index (κ3) is 2.32. The minimum absolute atomic E-state index is 0.137. The Kier molecular flexibility index (Phi) is 4.07. The maximum Gasteiger partial charge on any atom is 0.314 e. The zero-order valence-electron chi connectivity index (χ0n) is 8.74. The molecule has 1 unspecified atom stereocenters. The fourth-order valence-corrected chi connectivity index (χ4v) is 2.32. The van der Waals surface area contributed by atoms with Gasteiger partial charge in [-0.2, -0.15) is 0 Å². The lowest BCUT2D eigenvalue weighted by atomic mass is 10.0. The highest BCUT2D eigenvalue weighted by Crippen LogP contribution is 2.27. The number of rotatable bonds is 4. The molecule has 0 fully saturated rings. The molecular weight excluding hydrogens is 198 g/mol. The molecule has 1 heterocycles. The molecule has 0 saturated heterocycles. The van der Waals surface area contributed by atoms with Crippen LogP contribution in [0.3, 0.4) is 0 Å². The number of aryl methyl sites for hydroxylation is 1. The number of ether oxygens (including phenoxy) is 1. The van der Waals surface area contributed by atoms with Gasteiger partial charge in [0.25, 0.3) is 0 Å². The summed E-state index contributed by atoms with van der Waals surface area (Å²) < 4.78 is 5.01. The molecule has 0 N–H and O–H groups in total. The number of esters is 1. The van der Waals surface area contributed by atoms with E-state index in [4.69, 9.17) is 4.74 Å². The van der Waals surface area contributed by atoms with E-state index in [1.807, 2.05) is 20.8 Å².